The predicted octanol–water partition coefficient (Wildman–Crippen LogP) is 3.58. The molecule has 1 aromatic heterocycles. The van der Waals surface area contributed by atoms with Gasteiger partial charge in [-0.1, -0.05) is 48.8 Å². The van der Waals surface area contributed by atoms with Crippen molar-refractivity contribution in [3.8, 4) is 0 Å². The fourth-order valence-corrected chi connectivity index (χ4v) is 3.01. The standard InChI is InChI=1S/C18H26N4O/c1-13(2)17-20-18(23-21-17)19-16-7-9-22(10-8-16)12-15-6-4-5-14(3)11-15/h4-6,11,13,16H,7-10,12H2,1-3H3,(H,19,20,21). The molecule has 1 aromatic carbocycles. The molecule has 0 unspecified atom stereocenters. The first-order chi connectivity index (χ1) is 11.1. The highest BCUT2D eigenvalue weighted by atomic mass is 16.5. The second-order valence-electron chi connectivity index (χ2n) is 6.80. The van der Waals surface area contributed by atoms with Crippen LogP contribution >= 0.6 is 0 Å². The zero-order valence-corrected chi connectivity index (χ0v) is 14.2. The van der Waals surface area contributed by atoms with Gasteiger partial charge in [0.1, 0.15) is 0 Å². The molecule has 0 radical (unpaired) electrons. The highest BCUT2D eigenvalue weighted by Crippen LogP contribution is 2.19. The van der Waals surface area contributed by atoms with Crippen LogP contribution in [0.4, 0.5) is 6.01 Å². The summed E-state index contributed by atoms with van der Waals surface area (Å²) < 4.78 is 5.28. The van der Waals surface area contributed by atoms with Gasteiger partial charge in [-0.3, -0.25) is 4.90 Å². The minimum absolute atomic E-state index is 0.297. The van der Waals surface area contributed by atoms with Gasteiger partial charge in [-0.15, -0.1) is 0 Å². The van der Waals surface area contributed by atoms with E-state index < -0.39 is 0 Å². The van der Waals surface area contributed by atoms with Crippen LogP contribution in [0.1, 0.15) is 49.6 Å². The fraction of sp³-hybridized carbons (Fsp3) is 0.556. The van der Waals surface area contributed by atoms with Crippen molar-refractivity contribution >= 4 is 6.01 Å². The van der Waals surface area contributed by atoms with Gasteiger partial charge in [-0.2, -0.15) is 4.98 Å². The number of aryl methyl sites for hydroxylation is 1. The molecule has 0 saturated carbocycles. The third-order valence-electron chi connectivity index (χ3n) is 4.36. The molecular weight excluding hydrogens is 288 g/mol. The SMILES string of the molecule is Cc1cccc(CN2CCC(Nc3nc(C(C)C)no3)CC2)c1. The maximum absolute atomic E-state index is 5.28. The summed E-state index contributed by atoms with van der Waals surface area (Å²) in [6.45, 7) is 9.51. The van der Waals surface area contributed by atoms with Crippen LogP contribution in [-0.2, 0) is 6.54 Å². The molecule has 0 aliphatic carbocycles. The Labute approximate surface area is 138 Å². The van der Waals surface area contributed by atoms with Gasteiger partial charge in [-0.05, 0) is 25.3 Å². The van der Waals surface area contributed by atoms with Crippen molar-refractivity contribution in [2.75, 3.05) is 18.4 Å². The van der Waals surface area contributed by atoms with Crippen molar-refractivity contribution in [1.82, 2.24) is 15.0 Å². The average Bonchev–Trinajstić information content (AvgIpc) is 2.98. The highest BCUT2D eigenvalue weighted by Gasteiger charge is 2.21. The maximum Gasteiger partial charge on any atom is 0.321 e. The van der Waals surface area contributed by atoms with E-state index in [0.717, 1.165) is 38.3 Å². The number of nitrogens with zero attached hydrogens (tertiary/aromatic N) is 3. The Bertz CT molecular complexity index is 629. The molecule has 0 atom stereocenters. The molecule has 0 spiro atoms. The van der Waals surface area contributed by atoms with Gasteiger partial charge in [0.25, 0.3) is 0 Å². The zero-order chi connectivity index (χ0) is 16.2. The lowest BCUT2D eigenvalue weighted by atomic mass is 10.0. The number of rotatable bonds is 5. The molecule has 5 heteroatoms. The lowest BCUT2D eigenvalue weighted by Crippen LogP contribution is -2.38. The quantitative estimate of drug-likeness (QED) is 0.914. The largest absolute Gasteiger partial charge is 0.335 e. The Balaban J connectivity index is 1.48. The summed E-state index contributed by atoms with van der Waals surface area (Å²) in [6, 6.07) is 9.76. The van der Waals surface area contributed by atoms with E-state index >= 15 is 0 Å². The fourth-order valence-electron chi connectivity index (χ4n) is 3.01. The first-order valence-electron chi connectivity index (χ1n) is 8.48. The van der Waals surface area contributed by atoms with E-state index in [2.05, 4.69) is 65.4 Å². The number of likely N-dealkylation sites (tertiary alicyclic amines) is 1. The van der Waals surface area contributed by atoms with Crippen LogP contribution in [0.5, 0.6) is 0 Å². The lowest BCUT2D eigenvalue weighted by molar-refractivity contribution is 0.209. The van der Waals surface area contributed by atoms with Gasteiger partial charge in [0, 0.05) is 31.6 Å². The van der Waals surface area contributed by atoms with Crippen LogP contribution in [0.15, 0.2) is 28.8 Å². The molecule has 1 saturated heterocycles. The molecule has 1 aliphatic rings. The van der Waals surface area contributed by atoms with Crippen molar-refractivity contribution in [3.05, 3.63) is 41.2 Å². The molecule has 1 fully saturated rings. The number of nitrogens with one attached hydrogen (secondary N) is 1. The molecule has 1 N–H and O–H groups in total. The molecule has 0 amide bonds. The van der Waals surface area contributed by atoms with Crippen LogP contribution in [-0.4, -0.2) is 34.2 Å². The molecule has 124 valence electrons. The number of anilines is 1. The Morgan fingerprint density at radius 1 is 1.30 bits per heavy atom. The minimum Gasteiger partial charge on any atom is -0.335 e. The van der Waals surface area contributed by atoms with Gasteiger partial charge in [0.15, 0.2) is 5.82 Å². The molecule has 3 rings (SSSR count). The molecule has 5 nitrogen and oxygen atoms in total. The van der Waals surface area contributed by atoms with E-state index in [1.165, 1.54) is 11.1 Å². The molecule has 23 heavy (non-hydrogen) atoms. The molecular formula is C18H26N4O. The molecule has 2 heterocycles. The lowest BCUT2D eigenvalue weighted by Gasteiger charge is -2.32. The Morgan fingerprint density at radius 2 is 2.09 bits per heavy atom. The van der Waals surface area contributed by atoms with Crippen molar-refractivity contribution < 1.29 is 4.52 Å². The third kappa shape index (κ3) is 4.32. The van der Waals surface area contributed by atoms with Gasteiger partial charge in [0.05, 0.1) is 0 Å². The summed E-state index contributed by atoms with van der Waals surface area (Å²) in [5.74, 6) is 1.06. The second-order valence-corrected chi connectivity index (χ2v) is 6.80. The van der Waals surface area contributed by atoms with Crippen molar-refractivity contribution in [2.24, 2.45) is 0 Å². The minimum atomic E-state index is 0.297. The van der Waals surface area contributed by atoms with Gasteiger partial charge >= 0.3 is 6.01 Å². The Morgan fingerprint density at radius 3 is 2.74 bits per heavy atom. The topological polar surface area (TPSA) is 54.2 Å². The van der Waals surface area contributed by atoms with E-state index in [1.54, 1.807) is 0 Å². The summed E-state index contributed by atoms with van der Waals surface area (Å²) in [6.07, 6.45) is 2.20. The summed E-state index contributed by atoms with van der Waals surface area (Å²) in [5.41, 5.74) is 2.73. The summed E-state index contributed by atoms with van der Waals surface area (Å²) in [4.78, 5) is 6.91. The predicted molar refractivity (Wildman–Crippen MR) is 91.5 cm³/mol. The van der Waals surface area contributed by atoms with Crippen LogP contribution in [0.25, 0.3) is 0 Å². The molecule has 2 aromatic rings. The van der Waals surface area contributed by atoms with Crippen LogP contribution in [0, 0.1) is 6.92 Å². The van der Waals surface area contributed by atoms with E-state index in [1.807, 2.05) is 0 Å². The monoisotopic (exact) mass is 314 g/mol. The Hall–Kier alpha value is -1.88. The summed E-state index contributed by atoms with van der Waals surface area (Å²) in [5, 5.41) is 7.38. The van der Waals surface area contributed by atoms with E-state index in [9.17, 15) is 0 Å². The van der Waals surface area contributed by atoms with Crippen molar-refractivity contribution in [1.29, 1.82) is 0 Å². The van der Waals surface area contributed by atoms with Crippen LogP contribution in [0.2, 0.25) is 0 Å². The molecule has 0 bridgehead atoms. The third-order valence-corrected chi connectivity index (χ3v) is 4.36. The van der Waals surface area contributed by atoms with Crippen LogP contribution in [0.3, 0.4) is 0 Å². The van der Waals surface area contributed by atoms with Gasteiger partial charge in [-0.25, -0.2) is 0 Å². The zero-order valence-electron chi connectivity index (χ0n) is 14.2. The van der Waals surface area contributed by atoms with Gasteiger partial charge < -0.3 is 9.84 Å². The highest BCUT2D eigenvalue weighted by molar-refractivity contribution is 5.23. The first kappa shape index (κ1) is 16.0. The molecule has 1 aliphatic heterocycles. The van der Waals surface area contributed by atoms with E-state index in [-0.39, 0.29) is 0 Å². The van der Waals surface area contributed by atoms with Crippen LogP contribution < -0.4 is 5.32 Å². The Kier molecular flexibility index (Phi) is 4.96. The number of hydrogen-bond acceptors (Lipinski definition) is 5. The summed E-state index contributed by atoms with van der Waals surface area (Å²) >= 11 is 0. The van der Waals surface area contributed by atoms with Crippen molar-refractivity contribution in [2.45, 2.75) is 52.1 Å². The normalized spacial score (nSPS) is 16.9. The smallest absolute Gasteiger partial charge is 0.321 e. The van der Waals surface area contributed by atoms with Crippen molar-refractivity contribution in [3.63, 3.8) is 0 Å². The number of benzene rings is 1. The maximum atomic E-state index is 5.28. The van der Waals surface area contributed by atoms with E-state index in [4.69, 9.17) is 4.52 Å². The van der Waals surface area contributed by atoms with Gasteiger partial charge in [0.2, 0.25) is 0 Å². The summed E-state index contributed by atoms with van der Waals surface area (Å²) in [7, 11) is 0. The second kappa shape index (κ2) is 7.13. The first-order valence-corrected chi connectivity index (χ1v) is 8.48. The number of aromatic nitrogens is 2. The number of piperidine rings is 1. The average molecular weight is 314 g/mol. The number of hydrogen-bond donors (Lipinski definition) is 1. The van der Waals surface area contributed by atoms with E-state index in [0.29, 0.717) is 18.0 Å².